The van der Waals surface area contributed by atoms with Gasteiger partial charge in [0.15, 0.2) is 0 Å². The molecule has 144 valence electrons. The Bertz CT molecular complexity index is 998. The minimum atomic E-state index is -0.377. The number of hydrogen-bond acceptors (Lipinski definition) is 4. The highest BCUT2D eigenvalue weighted by molar-refractivity contribution is 7.17. The highest BCUT2D eigenvalue weighted by atomic mass is 32.1. The van der Waals surface area contributed by atoms with Crippen molar-refractivity contribution >= 4 is 33.3 Å². The first kappa shape index (κ1) is 18.6. The summed E-state index contributed by atoms with van der Waals surface area (Å²) >= 11 is 1.63. The number of carbonyl (C=O) groups excluding carboxylic acids is 2. The van der Waals surface area contributed by atoms with Crippen molar-refractivity contribution in [3.63, 3.8) is 0 Å². The molecule has 1 aromatic heterocycles. The van der Waals surface area contributed by atoms with Crippen molar-refractivity contribution in [1.82, 2.24) is 4.90 Å². The first-order valence-corrected chi connectivity index (χ1v) is 10.2. The Morgan fingerprint density at radius 3 is 2.75 bits per heavy atom. The molecule has 1 saturated heterocycles. The van der Waals surface area contributed by atoms with Gasteiger partial charge in [0.1, 0.15) is 12.4 Å². The summed E-state index contributed by atoms with van der Waals surface area (Å²) in [6.45, 7) is 1.17. The zero-order chi connectivity index (χ0) is 19.5. The van der Waals surface area contributed by atoms with Crippen LogP contribution in [0, 0.1) is 11.7 Å². The molecule has 1 aliphatic rings. The Kier molecular flexibility index (Phi) is 5.39. The van der Waals surface area contributed by atoms with Crippen LogP contribution < -0.4 is 0 Å². The maximum atomic E-state index is 13.1. The highest BCUT2D eigenvalue weighted by Gasteiger charge is 2.30. The number of halogens is 1. The number of fused-ring (bicyclic) bond motifs is 1. The third kappa shape index (κ3) is 3.92. The Morgan fingerprint density at radius 2 is 1.93 bits per heavy atom. The fourth-order valence-electron chi connectivity index (χ4n) is 3.54. The first-order valence-electron chi connectivity index (χ1n) is 9.28. The number of thiophene rings is 1. The molecule has 0 radical (unpaired) electrons. The van der Waals surface area contributed by atoms with Gasteiger partial charge in [-0.25, -0.2) is 4.39 Å². The molecular formula is C22H20FNO3S. The highest BCUT2D eigenvalue weighted by Crippen LogP contribution is 2.27. The van der Waals surface area contributed by atoms with Gasteiger partial charge in [-0.05, 0) is 53.9 Å². The number of piperidine rings is 1. The molecule has 1 unspecified atom stereocenters. The van der Waals surface area contributed by atoms with Crippen LogP contribution in [-0.4, -0.2) is 29.9 Å². The van der Waals surface area contributed by atoms with Gasteiger partial charge in [0, 0.05) is 28.9 Å². The zero-order valence-electron chi connectivity index (χ0n) is 15.3. The molecule has 1 amide bonds. The van der Waals surface area contributed by atoms with E-state index in [1.54, 1.807) is 16.2 Å². The van der Waals surface area contributed by atoms with Crippen LogP contribution in [0.3, 0.4) is 0 Å². The molecule has 3 aromatic rings. The number of carbonyl (C=O) groups is 2. The number of nitrogens with zero attached hydrogens (tertiary/aromatic N) is 1. The largest absolute Gasteiger partial charge is 0.460 e. The summed E-state index contributed by atoms with van der Waals surface area (Å²) in [5.41, 5.74) is 1.43. The molecule has 4 rings (SSSR count). The molecule has 0 saturated carbocycles. The maximum Gasteiger partial charge on any atom is 0.311 e. The Hall–Kier alpha value is -2.73. The van der Waals surface area contributed by atoms with Crippen molar-refractivity contribution in [2.45, 2.75) is 19.4 Å². The Labute approximate surface area is 166 Å². The summed E-state index contributed by atoms with van der Waals surface area (Å²) in [7, 11) is 0. The molecule has 2 heterocycles. The monoisotopic (exact) mass is 397 g/mol. The Balaban J connectivity index is 1.38. The summed E-state index contributed by atoms with van der Waals surface area (Å²) in [6.07, 6.45) is 1.45. The van der Waals surface area contributed by atoms with E-state index in [1.807, 2.05) is 29.6 Å². The smallest absolute Gasteiger partial charge is 0.311 e. The topological polar surface area (TPSA) is 46.6 Å². The molecule has 1 fully saturated rings. The molecule has 0 spiro atoms. The molecular weight excluding hydrogens is 377 g/mol. The van der Waals surface area contributed by atoms with Crippen LogP contribution in [0.1, 0.15) is 28.8 Å². The molecule has 1 atom stereocenters. The van der Waals surface area contributed by atoms with E-state index in [2.05, 4.69) is 0 Å². The van der Waals surface area contributed by atoms with Gasteiger partial charge in [-0.1, -0.05) is 18.2 Å². The predicted octanol–water partition coefficient (Wildman–Crippen LogP) is 4.64. The summed E-state index contributed by atoms with van der Waals surface area (Å²) in [5.74, 6) is -1.16. The lowest BCUT2D eigenvalue weighted by molar-refractivity contribution is -0.151. The van der Waals surface area contributed by atoms with E-state index < -0.39 is 0 Å². The zero-order valence-corrected chi connectivity index (χ0v) is 16.1. The van der Waals surface area contributed by atoms with Crippen molar-refractivity contribution < 1.29 is 18.7 Å². The van der Waals surface area contributed by atoms with Gasteiger partial charge in [-0.15, -0.1) is 11.3 Å². The molecule has 6 heteroatoms. The second kappa shape index (κ2) is 8.10. The van der Waals surface area contributed by atoms with Crippen LogP contribution in [0.25, 0.3) is 10.1 Å². The number of benzene rings is 2. The molecule has 0 N–H and O–H groups in total. The first-order chi connectivity index (χ1) is 13.6. The van der Waals surface area contributed by atoms with E-state index in [4.69, 9.17) is 4.74 Å². The summed E-state index contributed by atoms with van der Waals surface area (Å²) in [4.78, 5) is 26.9. The summed E-state index contributed by atoms with van der Waals surface area (Å²) < 4.78 is 19.8. The number of rotatable bonds is 4. The van der Waals surface area contributed by atoms with E-state index in [0.29, 0.717) is 25.1 Å². The van der Waals surface area contributed by atoms with Gasteiger partial charge in [0.25, 0.3) is 5.91 Å². The van der Waals surface area contributed by atoms with E-state index in [9.17, 15) is 14.0 Å². The lowest BCUT2D eigenvalue weighted by Crippen LogP contribution is -2.42. The molecule has 0 aliphatic carbocycles. The van der Waals surface area contributed by atoms with Crippen LogP contribution in [0.4, 0.5) is 4.39 Å². The van der Waals surface area contributed by atoms with Gasteiger partial charge in [-0.2, -0.15) is 0 Å². The van der Waals surface area contributed by atoms with Gasteiger partial charge in [0.05, 0.1) is 5.92 Å². The van der Waals surface area contributed by atoms with Crippen LogP contribution in [0.15, 0.2) is 53.9 Å². The molecule has 4 nitrogen and oxygen atoms in total. The number of hydrogen-bond donors (Lipinski definition) is 0. The van der Waals surface area contributed by atoms with Gasteiger partial charge in [0.2, 0.25) is 0 Å². The van der Waals surface area contributed by atoms with Gasteiger partial charge >= 0.3 is 5.97 Å². The van der Waals surface area contributed by atoms with Gasteiger partial charge in [-0.3, -0.25) is 9.59 Å². The fourth-order valence-corrected chi connectivity index (χ4v) is 4.49. The number of likely N-dealkylation sites (tertiary alicyclic amines) is 1. The third-order valence-electron chi connectivity index (χ3n) is 5.06. The van der Waals surface area contributed by atoms with Crippen molar-refractivity contribution in [2.24, 2.45) is 5.92 Å². The van der Waals surface area contributed by atoms with Crippen molar-refractivity contribution in [3.8, 4) is 0 Å². The van der Waals surface area contributed by atoms with Gasteiger partial charge < -0.3 is 9.64 Å². The van der Waals surface area contributed by atoms with E-state index in [1.165, 1.54) is 29.0 Å². The standard InChI is InChI=1S/C22H20FNO3S/c23-18-9-7-15(8-10-18)21(25)24-11-3-4-16(12-24)22(26)27-13-17-14-28-20-6-2-1-5-19(17)20/h1-2,5-10,14,16H,3-4,11-13H2. The maximum absolute atomic E-state index is 13.1. The predicted molar refractivity (Wildman–Crippen MR) is 107 cm³/mol. The second-order valence-corrected chi connectivity index (χ2v) is 7.87. The minimum Gasteiger partial charge on any atom is -0.460 e. The molecule has 2 aromatic carbocycles. The quantitative estimate of drug-likeness (QED) is 0.603. The van der Waals surface area contributed by atoms with E-state index >= 15 is 0 Å². The number of amides is 1. The normalized spacial score (nSPS) is 16.9. The van der Waals surface area contributed by atoms with E-state index in [0.717, 1.165) is 17.4 Å². The van der Waals surface area contributed by atoms with Crippen LogP contribution >= 0.6 is 11.3 Å². The summed E-state index contributed by atoms with van der Waals surface area (Å²) in [5, 5.41) is 3.13. The molecule has 0 bridgehead atoms. The third-order valence-corrected chi connectivity index (χ3v) is 6.08. The van der Waals surface area contributed by atoms with E-state index in [-0.39, 0.29) is 30.2 Å². The SMILES string of the molecule is O=C(OCc1csc2ccccc12)C1CCCN(C(=O)c2ccc(F)cc2)C1. The average molecular weight is 397 g/mol. The fraction of sp³-hybridized carbons (Fsp3) is 0.273. The van der Waals surface area contributed by atoms with Crippen molar-refractivity contribution in [1.29, 1.82) is 0 Å². The van der Waals surface area contributed by atoms with Crippen LogP contribution in [0.2, 0.25) is 0 Å². The lowest BCUT2D eigenvalue weighted by Gasteiger charge is -2.31. The van der Waals surface area contributed by atoms with Crippen LogP contribution in [0.5, 0.6) is 0 Å². The molecule has 1 aliphatic heterocycles. The lowest BCUT2D eigenvalue weighted by atomic mass is 9.97. The van der Waals surface area contributed by atoms with Crippen molar-refractivity contribution in [3.05, 3.63) is 70.9 Å². The summed E-state index contributed by atoms with van der Waals surface area (Å²) in [6, 6.07) is 13.5. The number of esters is 1. The average Bonchev–Trinajstić information content (AvgIpc) is 3.15. The molecule has 28 heavy (non-hydrogen) atoms. The Morgan fingerprint density at radius 1 is 1.14 bits per heavy atom. The van der Waals surface area contributed by atoms with Crippen LogP contribution in [-0.2, 0) is 16.1 Å². The second-order valence-electron chi connectivity index (χ2n) is 6.96. The number of ether oxygens (including phenoxy) is 1. The van der Waals surface area contributed by atoms with Crippen molar-refractivity contribution in [2.75, 3.05) is 13.1 Å². The minimum absolute atomic E-state index is 0.179.